The van der Waals surface area contributed by atoms with Gasteiger partial charge in [0.05, 0.1) is 17.7 Å². The van der Waals surface area contributed by atoms with Gasteiger partial charge in [0.2, 0.25) is 5.90 Å². The summed E-state index contributed by atoms with van der Waals surface area (Å²) in [6.07, 6.45) is 2.70. The summed E-state index contributed by atoms with van der Waals surface area (Å²) in [5, 5.41) is 14.2. The summed E-state index contributed by atoms with van der Waals surface area (Å²) in [5.74, 6) is -0.226. The van der Waals surface area contributed by atoms with Crippen LogP contribution >= 0.6 is 0 Å². The highest BCUT2D eigenvalue weighted by atomic mass is 16.6. The molecule has 0 bridgehead atoms. The van der Waals surface area contributed by atoms with E-state index in [9.17, 15) is 14.9 Å². The Hall–Kier alpha value is -2.64. The monoisotopic (exact) mass is 250 g/mol. The molecule has 1 aromatic rings. The van der Waals surface area contributed by atoms with Gasteiger partial charge >= 0.3 is 0 Å². The SMILES string of the molecule is CCOC1=NNC(=O)C1=Cc1cc([N+](=O)[O-])c[nH]1. The molecule has 0 fully saturated rings. The summed E-state index contributed by atoms with van der Waals surface area (Å²) in [7, 11) is 0. The number of amides is 1. The van der Waals surface area contributed by atoms with Crippen LogP contribution in [0.4, 0.5) is 5.69 Å². The van der Waals surface area contributed by atoms with Crippen LogP contribution in [0, 0.1) is 10.1 Å². The van der Waals surface area contributed by atoms with Crippen molar-refractivity contribution in [1.82, 2.24) is 10.4 Å². The fourth-order valence-electron chi connectivity index (χ4n) is 1.44. The number of hydrogen-bond acceptors (Lipinski definition) is 5. The normalized spacial score (nSPS) is 16.6. The number of hydrazone groups is 1. The van der Waals surface area contributed by atoms with Gasteiger partial charge in [0.15, 0.2) is 0 Å². The molecule has 94 valence electrons. The molecule has 0 aromatic carbocycles. The highest BCUT2D eigenvalue weighted by molar-refractivity contribution is 6.24. The minimum atomic E-state index is -0.523. The van der Waals surface area contributed by atoms with Gasteiger partial charge in [-0.15, -0.1) is 5.10 Å². The van der Waals surface area contributed by atoms with Crippen LogP contribution in [-0.4, -0.2) is 28.3 Å². The average molecular weight is 250 g/mol. The summed E-state index contributed by atoms with van der Waals surface area (Å²) in [6, 6.07) is 1.32. The Bertz CT molecular complexity index is 558. The Morgan fingerprint density at radius 3 is 3.00 bits per heavy atom. The lowest BCUT2D eigenvalue weighted by atomic mass is 10.2. The first-order chi connectivity index (χ1) is 8.61. The summed E-state index contributed by atoms with van der Waals surface area (Å²) < 4.78 is 5.16. The third-order valence-corrected chi connectivity index (χ3v) is 2.22. The molecule has 8 nitrogen and oxygen atoms in total. The highest BCUT2D eigenvalue weighted by Gasteiger charge is 2.24. The van der Waals surface area contributed by atoms with Crippen LogP contribution in [0.25, 0.3) is 6.08 Å². The fourth-order valence-corrected chi connectivity index (χ4v) is 1.44. The number of rotatable bonds is 3. The van der Waals surface area contributed by atoms with Gasteiger partial charge in [-0.25, -0.2) is 5.43 Å². The predicted molar refractivity (Wildman–Crippen MR) is 62.6 cm³/mol. The number of hydrogen-bond donors (Lipinski definition) is 2. The summed E-state index contributed by atoms with van der Waals surface area (Å²) >= 11 is 0. The number of H-pyrrole nitrogens is 1. The molecule has 1 aliphatic rings. The Morgan fingerprint density at radius 2 is 2.39 bits per heavy atom. The lowest BCUT2D eigenvalue weighted by Crippen LogP contribution is -2.14. The van der Waals surface area contributed by atoms with Crippen molar-refractivity contribution in [3.8, 4) is 0 Å². The highest BCUT2D eigenvalue weighted by Crippen LogP contribution is 2.17. The third-order valence-electron chi connectivity index (χ3n) is 2.22. The molecule has 2 heterocycles. The quantitative estimate of drug-likeness (QED) is 0.469. The average Bonchev–Trinajstić information content (AvgIpc) is 2.91. The lowest BCUT2D eigenvalue weighted by Gasteiger charge is -2.00. The Balaban J connectivity index is 2.27. The molecule has 2 rings (SSSR count). The minimum absolute atomic E-state index is 0.0739. The zero-order valence-electron chi connectivity index (χ0n) is 9.47. The van der Waals surface area contributed by atoms with E-state index in [1.54, 1.807) is 6.92 Å². The lowest BCUT2D eigenvalue weighted by molar-refractivity contribution is -0.384. The molecule has 0 saturated carbocycles. The number of nitrogens with zero attached hydrogens (tertiary/aromatic N) is 2. The van der Waals surface area contributed by atoms with Crippen molar-refractivity contribution in [3.05, 3.63) is 33.6 Å². The second kappa shape index (κ2) is 4.70. The van der Waals surface area contributed by atoms with E-state index in [0.29, 0.717) is 12.3 Å². The molecule has 0 unspecified atom stereocenters. The number of nitrogens with one attached hydrogen (secondary N) is 2. The van der Waals surface area contributed by atoms with Crippen molar-refractivity contribution in [3.63, 3.8) is 0 Å². The van der Waals surface area contributed by atoms with Gasteiger partial charge in [-0.05, 0) is 13.0 Å². The van der Waals surface area contributed by atoms with Crippen LogP contribution in [0.15, 0.2) is 22.9 Å². The third kappa shape index (κ3) is 2.21. The maximum atomic E-state index is 11.5. The number of nitro groups is 1. The number of carbonyl (C=O) groups is 1. The number of aromatic amines is 1. The molecule has 1 aliphatic heterocycles. The largest absolute Gasteiger partial charge is 0.476 e. The van der Waals surface area contributed by atoms with Gasteiger partial charge in [0.25, 0.3) is 11.6 Å². The Kier molecular flexibility index (Phi) is 3.09. The molecule has 1 aromatic heterocycles. The zero-order chi connectivity index (χ0) is 13.1. The molecule has 2 N–H and O–H groups in total. The second-order valence-corrected chi connectivity index (χ2v) is 3.42. The summed E-state index contributed by atoms with van der Waals surface area (Å²) in [5.41, 5.74) is 2.85. The molecule has 18 heavy (non-hydrogen) atoms. The number of carbonyl (C=O) groups excluding carboxylic acids is 1. The molecule has 0 spiro atoms. The van der Waals surface area contributed by atoms with Crippen LogP contribution < -0.4 is 5.43 Å². The van der Waals surface area contributed by atoms with E-state index in [4.69, 9.17) is 4.74 Å². The first-order valence-corrected chi connectivity index (χ1v) is 5.17. The van der Waals surface area contributed by atoms with Crippen molar-refractivity contribution in [1.29, 1.82) is 0 Å². The minimum Gasteiger partial charge on any atom is -0.476 e. The van der Waals surface area contributed by atoms with E-state index in [1.807, 2.05) is 0 Å². The van der Waals surface area contributed by atoms with E-state index in [2.05, 4.69) is 15.5 Å². The van der Waals surface area contributed by atoms with Crippen molar-refractivity contribution in [2.45, 2.75) is 6.92 Å². The van der Waals surface area contributed by atoms with Crippen molar-refractivity contribution in [2.24, 2.45) is 5.10 Å². The van der Waals surface area contributed by atoms with E-state index >= 15 is 0 Å². The molecule has 0 aliphatic carbocycles. The van der Waals surface area contributed by atoms with Crippen molar-refractivity contribution < 1.29 is 14.5 Å². The van der Waals surface area contributed by atoms with Gasteiger partial charge < -0.3 is 9.72 Å². The van der Waals surface area contributed by atoms with E-state index in [-0.39, 0.29) is 17.2 Å². The second-order valence-electron chi connectivity index (χ2n) is 3.42. The molecule has 0 radical (unpaired) electrons. The van der Waals surface area contributed by atoms with Gasteiger partial charge in [-0.2, -0.15) is 0 Å². The Morgan fingerprint density at radius 1 is 1.61 bits per heavy atom. The molecular formula is C10H10N4O4. The molecule has 1 amide bonds. The van der Waals surface area contributed by atoms with Crippen LogP contribution in [-0.2, 0) is 9.53 Å². The van der Waals surface area contributed by atoms with Crippen molar-refractivity contribution >= 4 is 23.6 Å². The topological polar surface area (TPSA) is 110 Å². The smallest absolute Gasteiger partial charge is 0.287 e. The van der Waals surface area contributed by atoms with E-state index in [1.165, 1.54) is 18.3 Å². The fraction of sp³-hybridized carbons (Fsp3) is 0.200. The number of ether oxygens (including phenoxy) is 1. The van der Waals surface area contributed by atoms with Gasteiger partial charge in [0, 0.05) is 11.8 Å². The zero-order valence-corrected chi connectivity index (χ0v) is 9.47. The van der Waals surface area contributed by atoms with Crippen LogP contribution in [0.5, 0.6) is 0 Å². The van der Waals surface area contributed by atoms with Gasteiger partial charge in [-0.1, -0.05) is 0 Å². The van der Waals surface area contributed by atoms with E-state index < -0.39 is 10.8 Å². The van der Waals surface area contributed by atoms with Gasteiger partial charge in [0.1, 0.15) is 5.57 Å². The molecule has 0 saturated heterocycles. The first-order valence-electron chi connectivity index (χ1n) is 5.17. The maximum Gasteiger partial charge on any atom is 0.287 e. The van der Waals surface area contributed by atoms with Crippen LogP contribution in [0.3, 0.4) is 0 Å². The van der Waals surface area contributed by atoms with E-state index in [0.717, 1.165) is 0 Å². The number of aromatic nitrogens is 1. The molecule has 0 atom stereocenters. The summed E-state index contributed by atoms with van der Waals surface area (Å²) in [4.78, 5) is 24.2. The standard InChI is InChI=1S/C10H10N4O4/c1-2-18-10-8(9(15)12-13-10)4-6-3-7(5-11-6)14(16)17/h3-5,11H,2H2,1H3,(H,12,15). The van der Waals surface area contributed by atoms with Crippen LogP contribution in [0.2, 0.25) is 0 Å². The first kappa shape index (κ1) is 11.8. The molecule has 8 heteroatoms. The molecular weight excluding hydrogens is 240 g/mol. The van der Waals surface area contributed by atoms with Crippen molar-refractivity contribution in [2.75, 3.05) is 6.61 Å². The maximum absolute atomic E-state index is 11.5. The summed E-state index contributed by atoms with van der Waals surface area (Å²) in [6.45, 7) is 2.14. The predicted octanol–water partition coefficient (Wildman–Crippen LogP) is 0.786. The Labute approximate surface area is 101 Å². The van der Waals surface area contributed by atoms with Gasteiger partial charge in [-0.3, -0.25) is 14.9 Å². The van der Waals surface area contributed by atoms with Crippen LogP contribution in [0.1, 0.15) is 12.6 Å².